The second-order valence-electron chi connectivity index (χ2n) is 6.44. The predicted octanol–water partition coefficient (Wildman–Crippen LogP) is 3.12. The highest BCUT2D eigenvalue weighted by Crippen LogP contribution is 2.49. The van der Waals surface area contributed by atoms with Gasteiger partial charge in [0.2, 0.25) is 0 Å². The molecule has 2 fully saturated rings. The third-order valence-electron chi connectivity index (χ3n) is 4.91. The van der Waals surface area contributed by atoms with Crippen molar-refractivity contribution in [2.75, 3.05) is 18.0 Å². The number of halogens is 3. The van der Waals surface area contributed by atoms with E-state index in [1.165, 1.54) is 6.07 Å². The van der Waals surface area contributed by atoms with Crippen LogP contribution < -0.4 is 10.2 Å². The summed E-state index contributed by atoms with van der Waals surface area (Å²) in [5.41, 5.74) is -0.563. The van der Waals surface area contributed by atoms with E-state index in [1.807, 2.05) is 4.90 Å². The number of aromatic nitrogens is 1. The van der Waals surface area contributed by atoms with Gasteiger partial charge in [-0.1, -0.05) is 0 Å². The molecule has 5 nitrogen and oxygen atoms in total. The number of nitrogens with zero attached hydrogens (tertiary/aromatic N) is 2. The molecule has 8 heteroatoms. The number of alkyl halides is 3. The number of anilines is 1. The summed E-state index contributed by atoms with van der Waals surface area (Å²) < 4.78 is 37.6. The molecule has 1 spiro atoms. The monoisotopic (exact) mass is 329 g/mol. The molecule has 2 aliphatic rings. The minimum atomic E-state index is -4.37. The molecule has 2 heterocycles. The zero-order valence-corrected chi connectivity index (χ0v) is 12.4. The molecule has 1 saturated carbocycles. The topological polar surface area (TPSA) is 65.5 Å². The molecule has 1 saturated heterocycles. The molecule has 1 amide bonds. The summed E-state index contributed by atoms with van der Waals surface area (Å²) >= 11 is 0. The second kappa shape index (κ2) is 5.58. The summed E-state index contributed by atoms with van der Waals surface area (Å²) in [6.07, 6.45) is -0.982. The Hall–Kier alpha value is -1.99. The van der Waals surface area contributed by atoms with Gasteiger partial charge in [-0.05, 0) is 43.2 Å². The Kier molecular flexibility index (Phi) is 3.85. The minimum Gasteiger partial charge on any atom is -0.465 e. The van der Waals surface area contributed by atoms with Crippen LogP contribution in [-0.2, 0) is 6.18 Å². The fourth-order valence-electron chi connectivity index (χ4n) is 3.62. The van der Waals surface area contributed by atoms with E-state index in [4.69, 9.17) is 5.11 Å². The quantitative estimate of drug-likeness (QED) is 0.875. The molecule has 0 atom stereocenters. The molecular formula is C15H18F3N3O2. The van der Waals surface area contributed by atoms with Gasteiger partial charge in [0.1, 0.15) is 5.82 Å². The average molecular weight is 329 g/mol. The first kappa shape index (κ1) is 15.9. The van der Waals surface area contributed by atoms with Crippen molar-refractivity contribution in [3.05, 3.63) is 23.9 Å². The Morgan fingerprint density at radius 3 is 2.43 bits per heavy atom. The van der Waals surface area contributed by atoms with Crippen LogP contribution in [0.2, 0.25) is 0 Å². The minimum absolute atomic E-state index is 0.0308. The summed E-state index contributed by atoms with van der Waals surface area (Å²) in [7, 11) is 0. The van der Waals surface area contributed by atoms with Gasteiger partial charge in [-0.15, -0.1) is 0 Å². The van der Waals surface area contributed by atoms with Crippen LogP contribution in [0.5, 0.6) is 0 Å². The smallest absolute Gasteiger partial charge is 0.417 e. The van der Waals surface area contributed by atoms with E-state index < -0.39 is 17.8 Å². The van der Waals surface area contributed by atoms with Gasteiger partial charge in [-0.25, -0.2) is 9.78 Å². The lowest BCUT2D eigenvalue weighted by atomic mass is 9.60. The van der Waals surface area contributed by atoms with Gasteiger partial charge >= 0.3 is 12.3 Å². The molecule has 1 aliphatic heterocycles. The zero-order valence-electron chi connectivity index (χ0n) is 12.4. The number of amides is 1. The molecule has 1 aliphatic carbocycles. The molecule has 0 radical (unpaired) electrons. The number of piperidine rings is 1. The Balaban J connectivity index is 1.55. The Morgan fingerprint density at radius 2 is 1.96 bits per heavy atom. The van der Waals surface area contributed by atoms with Crippen molar-refractivity contribution in [1.82, 2.24) is 10.3 Å². The molecule has 3 rings (SSSR count). The molecular weight excluding hydrogens is 311 g/mol. The summed E-state index contributed by atoms with van der Waals surface area (Å²) in [6, 6.07) is 2.50. The molecule has 2 N–H and O–H groups in total. The van der Waals surface area contributed by atoms with E-state index in [0.29, 0.717) is 5.82 Å². The van der Waals surface area contributed by atoms with E-state index in [0.717, 1.165) is 51.0 Å². The van der Waals surface area contributed by atoms with E-state index in [-0.39, 0.29) is 11.5 Å². The third-order valence-corrected chi connectivity index (χ3v) is 4.91. The number of rotatable bonds is 2. The summed E-state index contributed by atoms with van der Waals surface area (Å²) in [5, 5.41) is 11.2. The molecule has 0 aromatic carbocycles. The van der Waals surface area contributed by atoms with E-state index in [2.05, 4.69) is 10.3 Å². The predicted molar refractivity (Wildman–Crippen MR) is 77.3 cm³/mol. The maximum absolute atomic E-state index is 12.5. The van der Waals surface area contributed by atoms with Crippen molar-refractivity contribution >= 4 is 11.9 Å². The average Bonchev–Trinajstić information content (AvgIpc) is 2.45. The lowest BCUT2D eigenvalue weighted by Crippen LogP contribution is -2.54. The molecule has 0 bridgehead atoms. The normalized spacial score (nSPS) is 21.1. The van der Waals surface area contributed by atoms with E-state index in [1.54, 1.807) is 0 Å². The van der Waals surface area contributed by atoms with Crippen LogP contribution in [0.4, 0.5) is 23.8 Å². The van der Waals surface area contributed by atoms with Crippen LogP contribution in [-0.4, -0.2) is 35.3 Å². The second-order valence-corrected chi connectivity index (χ2v) is 6.44. The zero-order chi connectivity index (χ0) is 16.7. The van der Waals surface area contributed by atoms with Gasteiger partial charge < -0.3 is 15.3 Å². The number of hydrogen-bond donors (Lipinski definition) is 2. The highest BCUT2D eigenvalue weighted by molar-refractivity contribution is 5.65. The molecule has 0 unspecified atom stereocenters. The van der Waals surface area contributed by atoms with Crippen LogP contribution in [0.25, 0.3) is 0 Å². The maximum Gasteiger partial charge on any atom is 0.417 e. The van der Waals surface area contributed by atoms with Crippen LogP contribution in [0.15, 0.2) is 18.3 Å². The van der Waals surface area contributed by atoms with Crippen molar-refractivity contribution in [3.8, 4) is 0 Å². The number of carboxylic acid groups (broad SMARTS) is 1. The maximum atomic E-state index is 12.5. The Bertz CT molecular complexity index is 573. The van der Waals surface area contributed by atoms with Gasteiger partial charge in [0, 0.05) is 25.3 Å². The van der Waals surface area contributed by atoms with Gasteiger partial charge in [0.25, 0.3) is 0 Å². The molecule has 1 aromatic heterocycles. The molecule has 23 heavy (non-hydrogen) atoms. The Morgan fingerprint density at radius 1 is 1.30 bits per heavy atom. The van der Waals surface area contributed by atoms with Crippen molar-refractivity contribution < 1.29 is 23.1 Å². The van der Waals surface area contributed by atoms with Crippen molar-refractivity contribution in [2.45, 2.75) is 37.9 Å². The Labute approximate surface area is 131 Å². The molecule has 126 valence electrons. The van der Waals surface area contributed by atoms with Gasteiger partial charge in [-0.2, -0.15) is 13.2 Å². The van der Waals surface area contributed by atoms with Crippen LogP contribution in [0, 0.1) is 5.41 Å². The van der Waals surface area contributed by atoms with Crippen molar-refractivity contribution in [1.29, 1.82) is 0 Å². The summed E-state index contributed by atoms with van der Waals surface area (Å²) in [4.78, 5) is 16.5. The molecule has 1 aromatic rings. The van der Waals surface area contributed by atoms with Crippen LogP contribution >= 0.6 is 0 Å². The third kappa shape index (κ3) is 3.35. The highest BCUT2D eigenvalue weighted by Gasteiger charge is 2.46. The fourth-order valence-corrected chi connectivity index (χ4v) is 3.62. The SMILES string of the molecule is O=C(O)NC1CC2(CCN(c3ccc(C(F)(F)F)cn3)CC2)C1. The number of pyridine rings is 1. The van der Waals surface area contributed by atoms with E-state index in [9.17, 15) is 18.0 Å². The largest absolute Gasteiger partial charge is 0.465 e. The standard InChI is InChI=1S/C15H18F3N3O2/c16-15(17,18)10-1-2-12(19-9-10)21-5-3-14(4-6-21)7-11(8-14)20-13(22)23/h1-2,9,11,20H,3-8H2,(H,22,23). The lowest BCUT2D eigenvalue weighted by Gasteiger charge is -2.52. The number of hydrogen-bond acceptors (Lipinski definition) is 3. The fraction of sp³-hybridized carbons (Fsp3) is 0.600. The van der Waals surface area contributed by atoms with Crippen molar-refractivity contribution in [3.63, 3.8) is 0 Å². The van der Waals surface area contributed by atoms with Crippen LogP contribution in [0.1, 0.15) is 31.2 Å². The summed E-state index contributed by atoms with van der Waals surface area (Å²) in [6.45, 7) is 1.47. The first-order valence-electron chi connectivity index (χ1n) is 7.55. The van der Waals surface area contributed by atoms with Gasteiger partial charge in [0.05, 0.1) is 5.56 Å². The first-order valence-corrected chi connectivity index (χ1v) is 7.55. The number of carbonyl (C=O) groups is 1. The van der Waals surface area contributed by atoms with E-state index >= 15 is 0 Å². The number of nitrogens with one attached hydrogen (secondary N) is 1. The first-order chi connectivity index (χ1) is 10.8. The highest BCUT2D eigenvalue weighted by atomic mass is 19.4. The van der Waals surface area contributed by atoms with Crippen LogP contribution in [0.3, 0.4) is 0 Å². The van der Waals surface area contributed by atoms with Gasteiger partial charge in [-0.3, -0.25) is 0 Å². The summed E-state index contributed by atoms with van der Waals surface area (Å²) in [5.74, 6) is 0.562. The lowest BCUT2D eigenvalue weighted by molar-refractivity contribution is -0.137. The van der Waals surface area contributed by atoms with Crippen molar-refractivity contribution in [2.24, 2.45) is 5.41 Å². The van der Waals surface area contributed by atoms with Gasteiger partial charge in [0.15, 0.2) is 0 Å².